The minimum absolute atomic E-state index is 0.0891. The molecule has 0 saturated carbocycles. The lowest BCUT2D eigenvalue weighted by atomic mass is 9.94. The third-order valence-corrected chi connectivity index (χ3v) is 5.49. The molecule has 1 N–H and O–H groups in total. The molecule has 1 atom stereocenters. The number of hydrogen-bond donors (Lipinski definition) is 1. The first-order chi connectivity index (χ1) is 15.4. The topological polar surface area (TPSA) is 76.1 Å². The normalized spacial score (nSPS) is 17.9. The van der Waals surface area contributed by atoms with Crippen LogP contribution in [0.1, 0.15) is 43.5 Å². The van der Waals surface area contributed by atoms with Crippen molar-refractivity contribution in [3.05, 3.63) is 70.8 Å². The second-order valence-electron chi connectivity index (χ2n) is 8.31. The minimum atomic E-state index is -0.691. The summed E-state index contributed by atoms with van der Waals surface area (Å²) < 4.78 is 10.8. The van der Waals surface area contributed by atoms with Crippen LogP contribution in [0.15, 0.2) is 54.1 Å². The molecule has 2 aromatic rings. The molecule has 0 bridgehead atoms. The van der Waals surface area contributed by atoms with Crippen molar-refractivity contribution in [1.82, 2.24) is 4.90 Å². The highest BCUT2D eigenvalue weighted by Gasteiger charge is 2.45. The van der Waals surface area contributed by atoms with Gasteiger partial charge in [0, 0.05) is 19.2 Å². The monoisotopic (exact) mass is 437 g/mol. The van der Waals surface area contributed by atoms with Crippen LogP contribution >= 0.6 is 0 Å². The number of benzene rings is 2. The number of carbonyl (C=O) groups is 2. The van der Waals surface area contributed by atoms with Crippen LogP contribution in [0, 0.1) is 5.92 Å². The van der Waals surface area contributed by atoms with Gasteiger partial charge in [-0.25, -0.2) is 0 Å². The molecule has 6 nitrogen and oxygen atoms in total. The van der Waals surface area contributed by atoms with Crippen molar-refractivity contribution in [1.29, 1.82) is 0 Å². The predicted octanol–water partition coefficient (Wildman–Crippen LogP) is 4.35. The first-order valence-corrected chi connectivity index (χ1v) is 11.0. The maximum absolute atomic E-state index is 13.0. The molecule has 1 heterocycles. The van der Waals surface area contributed by atoms with Gasteiger partial charge in [-0.3, -0.25) is 9.59 Å². The first kappa shape index (κ1) is 23.5. The molecule has 0 spiro atoms. The molecule has 2 aromatic carbocycles. The third kappa shape index (κ3) is 5.02. The summed E-state index contributed by atoms with van der Waals surface area (Å²) in [6, 6.07) is 14.0. The number of ether oxygens (including phenoxy) is 2. The van der Waals surface area contributed by atoms with Crippen LogP contribution < -0.4 is 4.74 Å². The van der Waals surface area contributed by atoms with E-state index in [4.69, 9.17) is 9.47 Å². The van der Waals surface area contributed by atoms with Crippen LogP contribution in [0.3, 0.4) is 0 Å². The van der Waals surface area contributed by atoms with Gasteiger partial charge in [0.05, 0.1) is 24.8 Å². The summed E-state index contributed by atoms with van der Waals surface area (Å²) in [5.41, 5.74) is 2.48. The average Bonchev–Trinajstić information content (AvgIpc) is 3.06. The van der Waals surface area contributed by atoms with Gasteiger partial charge in [0.15, 0.2) is 0 Å². The summed E-state index contributed by atoms with van der Waals surface area (Å²) in [5, 5.41) is 11.1. The van der Waals surface area contributed by atoms with Crippen molar-refractivity contribution in [2.45, 2.75) is 33.2 Å². The predicted molar refractivity (Wildman–Crippen MR) is 123 cm³/mol. The number of aliphatic hydroxyl groups excluding tert-OH is 1. The van der Waals surface area contributed by atoms with Crippen LogP contribution in [-0.2, 0) is 20.7 Å². The van der Waals surface area contributed by atoms with Crippen LogP contribution in [-0.4, -0.2) is 48.6 Å². The van der Waals surface area contributed by atoms with Gasteiger partial charge in [0.1, 0.15) is 11.5 Å². The number of ketones is 1. The van der Waals surface area contributed by atoms with E-state index in [9.17, 15) is 14.7 Å². The Labute approximate surface area is 189 Å². The molecule has 6 heteroatoms. The minimum Gasteiger partial charge on any atom is -0.507 e. The fourth-order valence-corrected chi connectivity index (χ4v) is 3.71. The highest BCUT2D eigenvalue weighted by Crippen LogP contribution is 2.39. The Hall–Kier alpha value is -3.12. The van der Waals surface area contributed by atoms with E-state index in [1.165, 1.54) is 4.90 Å². The zero-order chi connectivity index (χ0) is 23.3. The summed E-state index contributed by atoms with van der Waals surface area (Å²) in [4.78, 5) is 27.3. The number of nitrogens with zero attached hydrogens (tertiary/aromatic N) is 1. The molecule has 1 saturated heterocycles. The Bertz CT molecular complexity index is 976. The number of carbonyl (C=O) groups excluding carboxylic acids is 2. The average molecular weight is 438 g/mol. The smallest absolute Gasteiger partial charge is 0.295 e. The molecule has 1 amide bonds. The molecule has 170 valence electrons. The molecule has 1 aliphatic rings. The Balaban J connectivity index is 2.02. The second kappa shape index (κ2) is 10.5. The second-order valence-corrected chi connectivity index (χ2v) is 8.31. The van der Waals surface area contributed by atoms with E-state index in [-0.39, 0.29) is 17.9 Å². The van der Waals surface area contributed by atoms with Gasteiger partial charge in [0.2, 0.25) is 0 Å². The van der Waals surface area contributed by atoms with E-state index in [1.54, 1.807) is 31.4 Å². The molecule has 32 heavy (non-hydrogen) atoms. The SMILES string of the molecule is CCc1ccc(C2/C(=C(/O)c3ccc(OCC(C)C)cc3)C(=O)C(=O)N2CCOC)cc1. The molecule has 1 unspecified atom stereocenters. The summed E-state index contributed by atoms with van der Waals surface area (Å²) in [5.74, 6) is -0.440. The lowest BCUT2D eigenvalue weighted by Crippen LogP contribution is -2.32. The van der Waals surface area contributed by atoms with Gasteiger partial charge < -0.3 is 19.5 Å². The number of likely N-dealkylation sites (tertiary alicyclic amines) is 1. The Morgan fingerprint density at radius 1 is 1.06 bits per heavy atom. The molecule has 0 aliphatic carbocycles. The van der Waals surface area contributed by atoms with Gasteiger partial charge in [0.25, 0.3) is 11.7 Å². The number of Topliss-reactive ketones (excluding diaryl/α,β-unsaturated/α-hetero) is 1. The molecule has 1 fully saturated rings. The Morgan fingerprint density at radius 3 is 2.28 bits per heavy atom. The highest BCUT2D eigenvalue weighted by atomic mass is 16.5. The van der Waals surface area contributed by atoms with E-state index >= 15 is 0 Å². The maximum atomic E-state index is 13.0. The first-order valence-electron chi connectivity index (χ1n) is 11.0. The van der Waals surface area contributed by atoms with E-state index in [0.717, 1.165) is 17.5 Å². The van der Waals surface area contributed by atoms with Gasteiger partial charge in [-0.2, -0.15) is 0 Å². The molecule has 0 radical (unpaired) electrons. The standard InChI is InChI=1S/C26H31NO5/c1-5-18-6-8-19(9-7-18)23-22(25(29)26(30)27(23)14-15-31-4)24(28)20-10-12-21(13-11-20)32-16-17(2)3/h6-13,17,23,28H,5,14-16H2,1-4H3/b24-22-. The number of methoxy groups -OCH3 is 1. The fourth-order valence-electron chi connectivity index (χ4n) is 3.71. The van der Waals surface area contributed by atoms with Gasteiger partial charge >= 0.3 is 0 Å². The lowest BCUT2D eigenvalue weighted by Gasteiger charge is -2.25. The quantitative estimate of drug-likeness (QED) is 0.359. The molecule has 3 rings (SSSR count). The van der Waals surface area contributed by atoms with E-state index < -0.39 is 17.7 Å². The van der Waals surface area contributed by atoms with Crippen LogP contribution in [0.25, 0.3) is 5.76 Å². The zero-order valence-electron chi connectivity index (χ0n) is 19.1. The van der Waals surface area contributed by atoms with Crippen LogP contribution in [0.4, 0.5) is 0 Å². The number of rotatable bonds is 9. The molecule has 0 aromatic heterocycles. The van der Waals surface area contributed by atoms with Crippen molar-refractivity contribution in [3.8, 4) is 5.75 Å². The summed E-state index contributed by atoms with van der Waals surface area (Å²) in [6.07, 6.45) is 0.884. The number of hydrogen-bond acceptors (Lipinski definition) is 5. The van der Waals surface area contributed by atoms with Crippen molar-refractivity contribution in [2.24, 2.45) is 5.92 Å². The van der Waals surface area contributed by atoms with Crippen molar-refractivity contribution in [3.63, 3.8) is 0 Å². The molecule has 1 aliphatic heterocycles. The Morgan fingerprint density at radius 2 is 1.72 bits per heavy atom. The van der Waals surface area contributed by atoms with Gasteiger partial charge in [-0.1, -0.05) is 45.0 Å². The van der Waals surface area contributed by atoms with E-state index in [1.807, 2.05) is 24.3 Å². The van der Waals surface area contributed by atoms with Crippen LogP contribution in [0.2, 0.25) is 0 Å². The zero-order valence-corrected chi connectivity index (χ0v) is 19.1. The van der Waals surface area contributed by atoms with Gasteiger partial charge in [-0.05, 0) is 47.7 Å². The molecular formula is C26H31NO5. The number of aliphatic hydroxyl groups is 1. The van der Waals surface area contributed by atoms with E-state index in [2.05, 4.69) is 20.8 Å². The fraction of sp³-hybridized carbons (Fsp3) is 0.385. The van der Waals surface area contributed by atoms with Crippen molar-refractivity contribution in [2.75, 3.05) is 26.9 Å². The maximum Gasteiger partial charge on any atom is 0.295 e. The number of amides is 1. The summed E-state index contributed by atoms with van der Waals surface area (Å²) in [6.45, 7) is 7.32. The lowest BCUT2D eigenvalue weighted by molar-refractivity contribution is -0.140. The highest BCUT2D eigenvalue weighted by molar-refractivity contribution is 6.46. The van der Waals surface area contributed by atoms with Crippen molar-refractivity contribution < 1.29 is 24.2 Å². The molecular weight excluding hydrogens is 406 g/mol. The largest absolute Gasteiger partial charge is 0.507 e. The third-order valence-electron chi connectivity index (χ3n) is 5.49. The van der Waals surface area contributed by atoms with E-state index in [0.29, 0.717) is 30.4 Å². The number of aryl methyl sites for hydroxylation is 1. The van der Waals surface area contributed by atoms with Crippen LogP contribution in [0.5, 0.6) is 5.75 Å². The Kier molecular flexibility index (Phi) is 7.70. The van der Waals surface area contributed by atoms with Crippen molar-refractivity contribution >= 4 is 17.4 Å². The van der Waals surface area contributed by atoms with Gasteiger partial charge in [-0.15, -0.1) is 0 Å². The summed E-state index contributed by atoms with van der Waals surface area (Å²) >= 11 is 0. The summed E-state index contributed by atoms with van der Waals surface area (Å²) in [7, 11) is 1.55.